The standard InChI is InChI=1S/C10H12FNO2/c1-6(4-10(13)14)8-3-2-7(11)5-9(8)12/h2-3,5-6H,4,12H2,1H3,(H,13,14). The molecule has 1 atom stereocenters. The van der Waals surface area contributed by atoms with E-state index in [1.807, 2.05) is 0 Å². The summed E-state index contributed by atoms with van der Waals surface area (Å²) in [5.41, 5.74) is 6.54. The number of hydrogen-bond donors (Lipinski definition) is 2. The monoisotopic (exact) mass is 197 g/mol. The maximum Gasteiger partial charge on any atom is 0.303 e. The molecule has 4 heteroatoms. The number of carboxylic acids is 1. The zero-order valence-electron chi connectivity index (χ0n) is 7.83. The molecule has 1 aromatic rings. The molecule has 0 aliphatic rings. The van der Waals surface area contributed by atoms with Gasteiger partial charge in [0.15, 0.2) is 0 Å². The lowest BCUT2D eigenvalue weighted by Crippen LogP contribution is -2.05. The van der Waals surface area contributed by atoms with E-state index in [1.165, 1.54) is 18.2 Å². The first kappa shape index (κ1) is 10.5. The molecule has 0 aliphatic carbocycles. The Morgan fingerprint density at radius 1 is 1.64 bits per heavy atom. The van der Waals surface area contributed by atoms with Crippen LogP contribution in [-0.4, -0.2) is 11.1 Å². The molecular formula is C10H12FNO2. The molecule has 0 aliphatic heterocycles. The number of aliphatic carboxylic acids is 1. The second kappa shape index (κ2) is 4.09. The van der Waals surface area contributed by atoms with Gasteiger partial charge in [0.1, 0.15) is 5.82 Å². The minimum absolute atomic E-state index is 0.00413. The number of benzene rings is 1. The summed E-state index contributed by atoms with van der Waals surface area (Å²) in [5, 5.41) is 8.58. The lowest BCUT2D eigenvalue weighted by atomic mass is 9.96. The predicted molar refractivity (Wildman–Crippen MR) is 51.5 cm³/mol. The van der Waals surface area contributed by atoms with Crippen LogP contribution in [0.25, 0.3) is 0 Å². The lowest BCUT2D eigenvalue weighted by molar-refractivity contribution is -0.137. The minimum Gasteiger partial charge on any atom is -0.481 e. The number of nitrogens with two attached hydrogens (primary N) is 1. The average Bonchev–Trinajstić information content (AvgIpc) is 2.01. The third-order valence-electron chi connectivity index (χ3n) is 2.06. The molecule has 0 radical (unpaired) electrons. The van der Waals surface area contributed by atoms with Gasteiger partial charge in [-0.2, -0.15) is 0 Å². The highest BCUT2D eigenvalue weighted by atomic mass is 19.1. The Bertz CT molecular complexity index is 352. The number of anilines is 1. The van der Waals surface area contributed by atoms with Gasteiger partial charge in [-0.25, -0.2) is 4.39 Å². The van der Waals surface area contributed by atoms with Gasteiger partial charge < -0.3 is 10.8 Å². The molecule has 3 N–H and O–H groups in total. The molecule has 0 aromatic heterocycles. The molecule has 3 nitrogen and oxygen atoms in total. The van der Waals surface area contributed by atoms with E-state index in [2.05, 4.69) is 0 Å². The Balaban J connectivity index is 2.90. The normalized spacial score (nSPS) is 12.4. The van der Waals surface area contributed by atoms with Crippen LogP contribution in [0.3, 0.4) is 0 Å². The van der Waals surface area contributed by atoms with E-state index in [0.717, 1.165) is 0 Å². The Morgan fingerprint density at radius 2 is 2.29 bits per heavy atom. The number of carboxylic acid groups (broad SMARTS) is 1. The number of carbonyl (C=O) groups is 1. The Labute approximate surface area is 81.4 Å². The fourth-order valence-electron chi connectivity index (χ4n) is 1.37. The van der Waals surface area contributed by atoms with Gasteiger partial charge >= 0.3 is 5.97 Å². The van der Waals surface area contributed by atoms with Gasteiger partial charge in [-0.15, -0.1) is 0 Å². The Kier molecular flexibility index (Phi) is 3.06. The number of rotatable bonds is 3. The van der Waals surface area contributed by atoms with E-state index in [4.69, 9.17) is 10.8 Å². The van der Waals surface area contributed by atoms with Crippen molar-refractivity contribution in [3.8, 4) is 0 Å². The summed E-state index contributed by atoms with van der Waals surface area (Å²) in [6, 6.07) is 4.01. The number of halogens is 1. The van der Waals surface area contributed by atoms with Gasteiger partial charge in [-0.05, 0) is 23.6 Å². The maximum absolute atomic E-state index is 12.7. The van der Waals surface area contributed by atoms with Crippen LogP contribution in [0.5, 0.6) is 0 Å². The Morgan fingerprint density at radius 3 is 2.79 bits per heavy atom. The third kappa shape index (κ3) is 2.45. The summed E-state index contributed by atoms with van der Waals surface area (Å²) in [6.45, 7) is 1.75. The van der Waals surface area contributed by atoms with Crippen molar-refractivity contribution >= 4 is 11.7 Å². The maximum atomic E-state index is 12.7. The van der Waals surface area contributed by atoms with E-state index in [9.17, 15) is 9.18 Å². The number of hydrogen-bond acceptors (Lipinski definition) is 2. The van der Waals surface area contributed by atoms with Crippen LogP contribution in [0.15, 0.2) is 18.2 Å². The van der Waals surface area contributed by atoms with Crippen LogP contribution in [-0.2, 0) is 4.79 Å². The summed E-state index contributed by atoms with van der Waals surface area (Å²) in [7, 11) is 0. The minimum atomic E-state index is -0.888. The zero-order chi connectivity index (χ0) is 10.7. The van der Waals surface area contributed by atoms with Crippen LogP contribution < -0.4 is 5.73 Å². The summed E-state index contributed by atoms with van der Waals surface area (Å²) in [6.07, 6.45) is -0.00413. The highest BCUT2D eigenvalue weighted by molar-refractivity contribution is 5.68. The lowest BCUT2D eigenvalue weighted by Gasteiger charge is -2.11. The molecule has 1 rings (SSSR count). The summed E-state index contributed by atoms with van der Waals surface area (Å²) in [5.74, 6) is -1.50. The molecule has 0 saturated carbocycles. The molecule has 1 unspecified atom stereocenters. The van der Waals surface area contributed by atoms with Crippen LogP contribution in [0.1, 0.15) is 24.8 Å². The topological polar surface area (TPSA) is 63.3 Å². The SMILES string of the molecule is CC(CC(=O)O)c1ccc(F)cc1N. The first-order valence-electron chi connectivity index (χ1n) is 4.27. The van der Waals surface area contributed by atoms with E-state index in [-0.39, 0.29) is 12.3 Å². The van der Waals surface area contributed by atoms with Gasteiger partial charge in [0.25, 0.3) is 0 Å². The fraction of sp³-hybridized carbons (Fsp3) is 0.300. The molecule has 76 valence electrons. The van der Waals surface area contributed by atoms with E-state index >= 15 is 0 Å². The van der Waals surface area contributed by atoms with Crippen molar-refractivity contribution in [1.29, 1.82) is 0 Å². The molecule has 0 amide bonds. The summed E-state index contributed by atoms with van der Waals surface area (Å²) in [4.78, 5) is 10.4. The van der Waals surface area contributed by atoms with Gasteiger partial charge in [0.2, 0.25) is 0 Å². The van der Waals surface area contributed by atoms with Gasteiger partial charge in [0, 0.05) is 5.69 Å². The van der Waals surface area contributed by atoms with Crippen molar-refractivity contribution in [2.75, 3.05) is 5.73 Å². The van der Waals surface area contributed by atoms with Crippen LogP contribution in [0.4, 0.5) is 10.1 Å². The molecule has 0 bridgehead atoms. The second-order valence-electron chi connectivity index (χ2n) is 3.27. The number of nitrogen functional groups attached to an aromatic ring is 1. The summed E-state index contributed by atoms with van der Waals surface area (Å²) >= 11 is 0. The van der Waals surface area contributed by atoms with E-state index in [0.29, 0.717) is 11.3 Å². The second-order valence-corrected chi connectivity index (χ2v) is 3.27. The van der Waals surface area contributed by atoms with Crippen molar-refractivity contribution in [3.05, 3.63) is 29.6 Å². The highest BCUT2D eigenvalue weighted by Gasteiger charge is 2.12. The van der Waals surface area contributed by atoms with Gasteiger partial charge in [-0.1, -0.05) is 13.0 Å². The largest absolute Gasteiger partial charge is 0.481 e. The van der Waals surface area contributed by atoms with E-state index in [1.54, 1.807) is 6.92 Å². The quantitative estimate of drug-likeness (QED) is 0.728. The van der Waals surface area contributed by atoms with Gasteiger partial charge in [-0.3, -0.25) is 4.79 Å². The molecule has 14 heavy (non-hydrogen) atoms. The van der Waals surface area contributed by atoms with Crippen molar-refractivity contribution < 1.29 is 14.3 Å². The molecule has 0 heterocycles. The summed E-state index contributed by atoms with van der Waals surface area (Å²) < 4.78 is 12.7. The average molecular weight is 197 g/mol. The molecule has 0 spiro atoms. The van der Waals surface area contributed by atoms with Crippen molar-refractivity contribution in [2.45, 2.75) is 19.3 Å². The van der Waals surface area contributed by atoms with Crippen molar-refractivity contribution in [2.24, 2.45) is 0 Å². The molecule has 0 fully saturated rings. The third-order valence-corrected chi connectivity index (χ3v) is 2.06. The fourth-order valence-corrected chi connectivity index (χ4v) is 1.37. The van der Waals surface area contributed by atoms with Gasteiger partial charge in [0.05, 0.1) is 6.42 Å². The molecule has 1 aromatic carbocycles. The van der Waals surface area contributed by atoms with Crippen LogP contribution in [0, 0.1) is 5.82 Å². The zero-order valence-corrected chi connectivity index (χ0v) is 7.83. The molecular weight excluding hydrogens is 185 g/mol. The smallest absolute Gasteiger partial charge is 0.303 e. The van der Waals surface area contributed by atoms with E-state index < -0.39 is 11.8 Å². The van der Waals surface area contributed by atoms with Crippen LogP contribution >= 0.6 is 0 Å². The molecule has 0 saturated heterocycles. The van der Waals surface area contributed by atoms with Crippen LogP contribution in [0.2, 0.25) is 0 Å². The van der Waals surface area contributed by atoms with Crippen molar-refractivity contribution in [3.63, 3.8) is 0 Å². The highest BCUT2D eigenvalue weighted by Crippen LogP contribution is 2.25. The first-order valence-corrected chi connectivity index (χ1v) is 4.27. The van der Waals surface area contributed by atoms with Crippen molar-refractivity contribution in [1.82, 2.24) is 0 Å². The Hall–Kier alpha value is -1.58. The first-order chi connectivity index (χ1) is 6.50. The predicted octanol–water partition coefficient (Wildman–Crippen LogP) is 1.99.